The van der Waals surface area contributed by atoms with Crippen LogP contribution in [0.15, 0.2) is 11.6 Å². The molecule has 0 saturated heterocycles. The summed E-state index contributed by atoms with van der Waals surface area (Å²) in [4.78, 5) is 23.4. The molecule has 2 rings (SSSR count). The first-order valence-electron chi connectivity index (χ1n) is 6.00. The van der Waals surface area contributed by atoms with Crippen LogP contribution in [0.2, 0.25) is 0 Å². The molecule has 3 atom stereocenters. The number of hydrogen-bond donors (Lipinski definition) is 0. The molecule has 2 aliphatic rings. The Bertz CT molecular complexity index is 343. The SMILES string of the molecule is CC[C@H]1C=C(C(=O)OC)[C@H]2CCC(=O)[C@H]2C1. The fourth-order valence-electron chi connectivity index (χ4n) is 2.97. The Labute approximate surface area is 95.9 Å². The van der Waals surface area contributed by atoms with E-state index in [1.54, 1.807) is 0 Å². The van der Waals surface area contributed by atoms with E-state index in [-0.39, 0.29) is 17.8 Å². The van der Waals surface area contributed by atoms with E-state index < -0.39 is 0 Å². The quantitative estimate of drug-likeness (QED) is 0.672. The van der Waals surface area contributed by atoms with Crippen LogP contribution in [-0.4, -0.2) is 18.9 Å². The molecule has 3 nitrogen and oxygen atoms in total. The van der Waals surface area contributed by atoms with E-state index in [1.807, 2.05) is 6.08 Å². The first-order chi connectivity index (χ1) is 7.67. The number of Topliss-reactive ketones (excluding diaryl/α,β-unsaturated/α-hetero) is 1. The fourth-order valence-corrected chi connectivity index (χ4v) is 2.97. The van der Waals surface area contributed by atoms with Crippen LogP contribution in [0.4, 0.5) is 0 Å². The molecule has 0 radical (unpaired) electrons. The normalized spacial score (nSPS) is 33.2. The minimum Gasteiger partial charge on any atom is -0.466 e. The van der Waals surface area contributed by atoms with Crippen LogP contribution in [0, 0.1) is 17.8 Å². The van der Waals surface area contributed by atoms with Gasteiger partial charge in [0.25, 0.3) is 0 Å². The van der Waals surface area contributed by atoms with Gasteiger partial charge in [0.15, 0.2) is 0 Å². The van der Waals surface area contributed by atoms with Crippen LogP contribution < -0.4 is 0 Å². The second-order valence-corrected chi connectivity index (χ2v) is 4.74. The first kappa shape index (κ1) is 11.4. The molecule has 88 valence electrons. The highest BCUT2D eigenvalue weighted by Gasteiger charge is 2.42. The average Bonchev–Trinajstić information content (AvgIpc) is 2.69. The lowest BCUT2D eigenvalue weighted by molar-refractivity contribution is -0.137. The van der Waals surface area contributed by atoms with Crippen molar-refractivity contribution in [3.8, 4) is 0 Å². The van der Waals surface area contributed by atoms with Crippen molar-refractivity contribution >= 4 is 11.8 Å². The van der Waals surface area contributed by atoms with Gasteiger partial charge in [-0.15, -0.1) is 0 Å². The van der Waals surface area contributed by atoms with Crippen molar-refractivity contribution in [2.45, 2.75) is 32.6 Å². The summed E-state index contributed by atoms with van der Waals surface area (Å²) in [7, 11) is 1.41. The highest BCUT2D eigenvalue weighted by Crippen LogP contribution is 2.43. The van der Waals surface area contributed by atoms with Crippen LogP contribution in [0.25, 0.3) is 0 Å². The zero-order chi connectivity index (χ0) is 11.7. The second-order valence-electron chi connectivity index (χ2n) is 4.74. The lowest BCUT2D eigenvalue weighted by Crippen LogP contribution is -2.28. The van der Waals surface area contributed by atoms with E-state index in [9.17, 15) is 9.59 Å². The van der Waals surface area contributed by atoms with Crippen LogP contribution in [0.3, 0.4) is 0 Å². The van der Waals surface area contributed by atoms with Gasteiger partial charge in [0.1, 0.15) is 5.78 Å². The number of esters is 1. The lowest BCUT2D eigenvalue weighted by atomic mass is 9.75. The number of methoxy groups -OCH3 is 1. The van der Waals surface area contributed by atoms with Crippen LogP contribution in [-0.2, 0) is 14.3 Å². The Morgan fingerprint density at radius 3 is 2.88 bits per heavy atom. The molecule has 0 aromatic rings. The zero-order valence-corrected chi connectivity index (χ0v) is 9.86. The third-order valence-corrected chi connectivity index (χ3v) is 3.92. The van der Waals surface area contributed by atoms with Gasteiger partial charge in [-0.1, -0.05) is 13.0 Å². The standard InChI is InChI=1S/C13H18O3/c1-3-8-6-10-9(4-5-12(10)14)11(7-8)13(15)16-2/h7-10H,3-6H2,1-2H3/t8-,9+,10+/m1/s1. The number of ether oxygens (including phenoxy) is 1. The van der Waals surface area contributed by atoms with Crippen molar-refractivity contribution in [2.24, 2.45) is 17.8 Å². The van der Waals surface area contributed by atoms with Gasteiger partial charge in [-0.2, -0.15) is 0 Å². The number of carbonyl (C=O) groups excluding carboxylic acids is 2. The highest BCUT2D eigenvalue weighted by molar-refractivity contribution is 5.93. The van der Waals surface area contributed by atoms with Gasteiger partial charge in [-0.05, 0) is 25.2 Å². The Kier molecular flexibility index (Phi) is 3.13. The summed E-state index contributed by atoms with van der Waals surface area (Å²) in [6.07, 6.45) is 5.38. The summed E-state index contributed by atoms with van der Waals surface area (Å²) < 4.78 is 4.81. The third kappa shape index (κ3) is 1.79. The number of fused-ring (bicyclic) bond motifs is 1. The summed E-state index contributed by atoms with van der Waals surface area (Å²) in [5, 5.41) is 0. The van der Waals surface area contributed by atoms with Gasteiger partial charge in [-0.3, -0.25) is 4.79 Å². The minimum absolute atomic E-state index is 0.0732. The van der Waals surface area contributed by atoms with Crippen LogP contribution in [0.1, 0.15) is 32.6 Å². The Morgan fingerprint density at radius 2 is 2.25 bits per heavy atom. The van der Waals surface area contributed by atoms with E-state index >= 15 is 0 Å². The van der Waals surface area contributed by atoms with Crippen molar-refractivity contribution in [1.29, 1.82) is 0 Å². The van der Waals surface area contributed by atoms with E-state index in [0.29, 0.717) is 18.1 Å². The summed E-state index contributed by atoms with van der Waals surface area (Å²) in [6.45, 7) is 2.09. The average molecular weight is 222 g/mol. The molecule has 0 unspecified atom stereocenters. The maximum atomic E-state index is 11.7. The Morgan fingerprint density at radius 1 is 1.50 bits per heavy atom. The van der Waals surface area contributed by atoms with Gasteiger partial charge in [0.05, 0.1) is 7.11 Å². The van der Waals surface area contributed by atoms with Gasteiger partial charge < -0.3 is 4.74 Å². The Hall–Kier alpha value is -1.12. The van der Waals surface area contributed by atoms with Crippen molar-refractivity contribution in [2.75, 3.05) is 7.11 Å². The monoisotopic (exact) mass is 222 g/mol. The predicted octanol–water partition coefficient (Wildman–Crippen LogP) is 2.11. The molecule has 0 heterocycles. The second kappa shape index (κ2) is 4.40. The summed E-state index contributed by atoms with van der Waals surface area (Å²) in [5.41, 5.74) is 0.747. The van der Waals surface area contributed by atoms with Gasteiger partial charge in [0.2, 0.25) is 0 Å². The lowest BCUT2D eigenvalue weighted by Gasteiger charge is -2.29. The molecule has 0 aromatic heterocycles. The molecule has 0 N–H and O–H groups in total. The molecule has 1 fully saturated rings. The summed E-state index contributed by atoms with van der Waals surface area (Å²) in [6, 6.07) is 0. The van der Waals surface area contributed by atoms with E-state index in [0.717, 1.165) is 24.8 Å². The molecule has 2 aliphatic carbocycles. The largest absolute Gasteiger partial charge is 0.466 e. The number of rotatable bonds is 2. The number of ketones is 1. The minimum atomic E-state index is -0.247. The molecule has 0 spiro atoms. The van der Waals surface area contributed by atoms with Crippen LogP contribution in [0.5, 0.6) is 0 Å². The summed E-state index contributed by atoms with van der Waals surface area (Å²) >= 11 is 0. The zero-order valence-electron chi connectivity index (χ0n) is 9.86. The molecular weight excluding hydrogens is 204 g/mol. The van der Waals surface area contributed by atoms with Crippen molar-refractivity contribution in [1.82, 2.24) is 0 Å². The maximum Gasteiger partial charge on any atom is 0.333 e. The fraction of sp³-hybridized carbons (Fsp3) is 0.692. The number of allylic oxidation sites excluding steroid dienone is 1. The van der Waals surface area contributed by atoms with E-state index in [1.165, 1.54) is 7.11 Å². The maximum absolute atomic E-state index is 11.7. The van der Waals surface area contributed by atoms with Crippen LogP contribution >= 0.6 is 0 Å². The molecule has 0 bridgehead atoms. The number of carbonyl (C=O) groups is 2. The molecular formula is C13H18O3. The van der Waals surface area contributed by atoms with Crippen molar-refractivity contribution < 1.29 is 14.3 Å². The third-order valence-electron chi connectivity index (χ3n) is 3.92. The topological polar surface area (TPSA) is 43.4 Å². The molecule has 0 aromatic carbocycles. The number of hydrogen-bond acceptors (Lipinski definition) is 3. The predicted molar refractivity (Wildman–Crippen MR) is 59.7 cm³/mol. The molecule has 16 heavy (non-hydrogen) atoms. The summed E-state index contributed by atoms with van der Waals surface area (Å²) in [5.74, 6) is 0.644. The molecule has 3 heteroatoms. The van der Waals surface area contributed by atoms with Crippen molar-refractivity contribution in [3.63, 3.8) is 0 Å². The smallest absolute Gasteiger partial charge is 0.333 e. The molecule has 0 amide bonds. The van der Waals surface area contributed by atoms with Gasteiger partial charge >= 0.3 is 5.97 Å². The van der Waals surface area contributed by atoms with E-state index in [4.69, 9.17) is 4.74 Å². The van der Waals surface area contributed by atoms with Gasteiger partial charge in [0, 0.05) is 23.8 Å². The molecule has 0 aliphatic heterocycles. The van der Waals surface area contributed by atoms with E-state index in [2.05, 4.69) is 6.92 Å². The van der Waals surface area contributed by atoms with Crippen molar-refractivity contribution in [3.05, 3.63) is 11.6 Å². The molecule has 1 saturated carbocycles. The Balaban J connectivity index is 2.29. The van der Waals surface area contributed by atoms with Gasteiger partial charge in [-0.25, -0.2) is 4.79 Å². The first-order valence-corrected chi connectivity index (χ1v) is 6.00. The highest BCUT2D eigenvalue weighted by atomic mass is 16.5.